The lowest BCUT2D eigenvalue weighted by molar-refractivity contribution is -0.148. The molecule has 4 nitrogen and oxygen atoms in total. The molecule has 1 rings (SSSR count). The van der Waals surface area contributed by atoms with Crippen LogP contribution in [-0.2, 0) is 16.0 Å². The number of allylic oxidation sites excluding steroid dienone is 1. The topological polar surface area (TPSA) is 57.6 Å². The average molecular weight is 296 g/mol. The van der Waals surface area contributed by atoms with E-state index in [1.807, 2.05) is 0 Å². The number of nitrogens with zero attached hydrogens (tertiary/aromatic N) is 1. The molecule has 20 heavy (non-hydrogen) atoms. The predicted octanol–water partition coefficient (Wildman–Crippen LogP) is 2.76. The zero-order valence-electron chi connectivity index (χ0n) is 11.4. The molecule has 0 spiro atoms. The Morgan fingerprint density at radius 1 is 1.45 bits per heavy atom. The third-order valence-electron chi connectivity index (χ3n) is 3.08. The molecular weight excluding hydrogens is 278 g/mol. The fourth-order valence-corrected chi connectivity index (χ4v) is 2.05. The van der Waals surface area contributed by atoms with Gasteiger partial charge in [-0.25, -0.2) is 4.79 Å². The number of halogens is 1. The van der Waals surface area contributed by atoms with E-state index in [4.69, 9.17) is 11.6 Å². The summed E-state index contributed by atoms with van der Waals surface area (Å²) in [6.07, 6.45) is 2.61. The number of carbonyl (C=O) groups is 2. The molecule has 0 radical (unpaired) electrons. The number of carbonyl (C=O) groups excluding carboxylic acids is 1. The summed E-state index contributed by atoms with van der Waals surface area (Å²) in [5.41, 5.74) is 0.713. The van der Waals surface area contributed by atoms with Gasteiger partial charge in [-0.1, -0.05) is 35.9 Å². The number of hydrogen-bond acceptors (Lipinski definition) is 2. The van der Waals surface area contributed by atoms with Crippen molar-refractivity contribution >= 4 is 23.5 Å². The van der Waals surface area contributed by atoms with E-state index >= 15 is 0 Å². The second-order valence-corrected chi connectivity index (χ2v) is 4.89. The molecule has 0 aliphatic heterocycles. The highest BCUT2D eigenvalue weighted by molar-refractivity contribution is 6.31. The van der Waals surface area contributed by atoms with Crippen LogP contribution in [0.5, 0.6) is 0 Å². The number of aliphatic carboxylic acids is 1. The molecule has 5 heteroatoms. The van der Waals surface area contributed by atoms with Gasteiger partial charge in [0.1, 0.15) is 6.04 Å². The molecule has 1 aromatic rings. The van der Waals surface area contributed by atoms with Crippen LogP contribution in [0.4, 0.5) is 0 Å². The third-order valence-corrected chi connectivity index (χ3v) is 3.45. The molecule has 0 aliphatic rings. The van der Waals surface area contributed by atoms with Crippen LogP contribution >= 0.6 is 11.6 Å². The number of hydrogen-bond donors (Lipinski definition) is 1. The van der Waals surface area contributed by atoms with Gasteiger partial charge in [0.2, 0.25) is 5.91 Å². The van der Waals surface area contributed by atoms with Gasteiger partial charge in [0, 0.05) is 24.9 Å². The summed E-state index contributed by atoms with van der Waals surface area (Å²) >= 11 is 6.03. The average Bonchev–Trinajstić information content (AvgIpc) is 2.42. The second-order valence-electron chi connectivity index (χ2n) is 4.48. The van der Waals surface area contributed by atoms with Gasteiger partial charge in [-0.2, -0.15) is 0 Å². The Balaban J connectivity index is 2.84. The summed E-state index contributed by atoms with van der Waals surface area (Å²) in [6, 6.07) is 6.11. The van der Waals surface area contributed by atoms with E-state index in [-0.39, 0.29) is 18.7 Å². The lowest BCUT2D eigenvalue weighted by atomic mass is 10.0. The Morgan fingerprint density at radius 3 is 2.65 bits per heavy atom. The number of amides is 1. The van der Waals surface area contributed by atoms with Crippen molar-refractivity contribution in [3.05, 3.63) is 47.5 Å². The SMILES string of the molecule is C=CCCC(=O)N(C)C(Cc1ccccc1Cl)C(=O)O. The Morgan fingerprint density at radius 2 is 2.10 bits per heavy atom. The molecule has 0 saturated heterocycles. The molecule has 1 N–H and O–H groups in total. The first kappa shape index (κ1) is 16.2. The molecule has 1 unspecified atom stereocenters. The standard InChI is InChI=1S/C15H18ClNO3/c1-3-4-9-14(18)17(2)13(15(19)20)10-11-7-5-6-8-12(11)16/h3,5-8,13H,1,4,9-10H2,2H3,(H,19,20). The van der Waals surface area contributed by atoms with Crippen LogP contribution in [0, 0.1) is 0 Å². The van der Waals surface area contributed by atoms with Crippen LogP contribution in [0.3, 0.4) is 0 Å². The summed E-state index contributed by atoms with van der Waals surface area (Å²) in [4.78, 5) is 24.5. The molecule has 0 aliphatic carbocycles. The maximum atomic E-state index is 11.9. The molecule has 0 bridgehead atoms. The van der Waals surface area contributed by atoms with Crippen LogP contribution in [-0.4, -0.2) is 35.0 Å². The Hall–Kier alpha value is -1.81. The summed E-state index contributed by atoms with van der Waals surface area (Å²) in [6.45, 7) is 3.55. The predicted molar refractivity (Wildman–Crippen MR) is 78.8 cm³/mol. The molecule has 0 fully saturated rings. The minimum Gasteiger partial charge on any atom is -0.480 e. The van der Waals surface area contributed by atoms with Crippen molar-refractivity contribution in [3.63, 3.8) is 0 Å². The highest BCUT2D eigenvalue weighted by atomic mass is 35.5. The van der Waals surface area contributed by atoms with Gasteiger partial charge in [0.05, 0.1) is 0 Å². The maximum Gasteiger partial charge on any atom is 0.326 e. The van der Waals surface area contributed by atoms with Gasteiger partial charge in [-0.05, 0) is 18.1 Å². The first-order chi connectivity index (χ1) is 9.47. The summed E-state index contributed by atoms with van der Waals surface area (Å²) in [5.74, 6) is -1.26. The molecular formula is C15H18ClNO3. The molecule has 1 atom stereocenters. The van der Waals surface area contributed by atoms with Gasteiger partial charge in [0.25, 0.3) is 0 Å². The van der Waals surface area contributed by atoms with Gasteiger partial charge >= 0.3 is 5.97 Å². The molecule has 0 heterocycles. The number of carboxylic acid groups (broad SMARTS) is 1. The smallest absolute Gasteiger partial charge is 0.326 e. The fraction of sp³-hybridized carbons (Fsp3) is 0.333. The monoisotopic (exact) mass is 295 g/mol. The van der Waals surface area contributed by atoms with Crippen molar-refractivity contribution in [1.82, 2.24) is 4.90 Å². The van der Waals surface area contributed by atoms with E-state index in [9.17, 15) is 14.7 Å². The van der Waals surface area contributed by atoms with Crippen LogP contribution < -0.4 is 0 Å². The lowest BCUT2D eigenvalue weighted by Crippen LogP contribution is -2.43. The van der Waals surface area contributed by atoms with Crippen LogP contribution in [0.1, 0.15) is 18.4 Å². The molecule has 108 valence electrons. The molecule has 1 aromatic carbocycles. The fourth-order valence-electron chi connectivity index (χ4n) is 1.84. The van der Waals surface area contributed by atoms with Crippen molar-refractivity contribution in [3.8, 4) is 0 Å². The number of benzene rings is 1. The minimum absolute atomic E-state index is 0.186. The van der Waals surface area contributed by atoms with Gasteiger partial charge in [0.15, 0.2) is 0 Å². The first-order valence-corrected chi connectivity index (χ1v) is 6.68. The Kier molecular flexibility index (Phi) is 6.25. The summed E-state index contributed by atoms with van der Waals surface area (Å²) < 4.78 is 0. The Bertz CT molecular complexity index is 502. The highest BCUT2D eigenvalue weighted by Crippen LogP contribution is 2.18. The first-order valence-electron chi connectivity index (χ1n) is 6.30. The maximum absolute atomic E-state index is 11.9. The zero-order chi connectivity index (χ0) is 15.1. The van der Waals surface area contributed by atoms with Crippen LogP contribution in [0.25, 0.3) is 0 Å². The van der Waals surface area contributed by atoms with Crippen LogP contribution in [0.2, 0.25) is 5.02 Å². The number of rotatable bonds is 7. The normalized spacial score (nSPS) is 11.7. The van der Waals surface area contributed by atoms with Crippen molar-refractivity contribution in [1.29, 1.82) is 0 Å². The van der Waals surface area contributed by atoms with E-state index in [2.05, 4.69) is 6.58 Å². The third kappa shape index (κ3) is 4.38. The summed E-state index contributed by atoms with van der Waals surface area (Å²) in [5, 5.41) is 9.82. The molecule has 1 amide bonds. The zero-order valence-corrected chi connectivity index (χ0v) is 12.1. The molecule has 0 aromatic heterocycles. The van der Waals surface area contributed by atoms with Crippen LogP contribution in [0.15, 0.2) is 36.9 Å². The van der Waals surface area contributed by atoms with Crippen molar-refractivity contribution in [2.75, 3.05) is 7.05 Å². The molecule has 0 saturated carbocycles. The highest BCUT2D eigenvalue weighted by Gasteiger charge is 2.26. The number of likely N-dealkylation sites (N-methyl/N-ethyl adjacent to an activating group) is 1. The van der Waals surface area contributed by atoms with Gasteiger partial charge < -0.3 is 10.0 Å². The van der Waals surface area contributed by atoms with E-state index < -0.39 is 12.0 Å². The van der Waals surface area contributed by atoms with E-state index in [1.165, 1.54) is 11.9 Å². The largest absolute Gasteiger partial charge is 0.480 e. The van der Waals surface area contributed by atoms with Crippen molar-refractivity contribution < 1.29 is 14.7 Å². The number of carboxylic acids is 1. The van der Waals surface area contributed by atoms with Gasteiger partial charge in [-0.15, -0.1) is 6.58 Å². The van der Waals surface area contributed by atoms with E-state index in [0.717, 1.165) is 0 Å². The van der Waals surface area contributed by atoms with Crippen molar-refractivity contribution in [2.45, 2.75) is 25.3 Å². The lowest BCUT2D eigenvalue weighted by Gasteiger charge is -2.25. The quantitative estimate of drug-likeness (QED) is 0.787. The second kappa shape index (κ2) is 7.70. The van der Waals surface area contributed by atoms with E-state index in [1.54, 1.807) is 30.3 Å². The van der Waals surface area contributed by atoms with Gasteiger partial charge in [-0.3, -0.25) is 4.79 Å². The van der Waals surface area contributed by atoms with E-state index in [0.29, 0.717) is 17.0 Å². The minimum atomic E-state index is -1.04. The van der Waals surface area contributed by atoms with Crippen molar-refractivity contribution in [2.24, 2.45) is 0 Å². The summed E-state index contributed by atoms with van der Waals surface area (Å²) in [7, 11) is 1.50. The Labute approximate surface area is 123 Å².